The van der Waals surface area contributed by atoms with E-state index in [9.17, 15) is 0 Å². The normalized spacial score (nSPS) is 38.1. The summed E-state index contributed by atoms with van der Waals surface area (Å²) in [4.78, 5) is 0. The van der Waals surface area contributed by atoms with Gasteiger partial charge < -0.3 is 4.43 Å². The Hall–Kier alpha value is -0.333. The third-order valence-electron chi connectivity index (χ3n) is 2.39. The highest BCUT2D eigenvalue weighted by Gasteiger charge is 2.38. The van der Waals surface area contributed by atoms with Crippen LogP contribution in [0.25, 0.3) is 0 Å². The quantitative estimate of drug-likeness (QED) is 0.564. The average molecular weight is 169 g/mol. The molecule has 2 unspecified atom stereocenters. The van der Waals surface area contributed by atoms with Crippen molar-refractivity contribution in [2.24, 2.45) is 0 Å². The van der Waals surface area contributed by atoms with Crippen molar-refractivity contribution in [1.29, 1.82) is 5.26 Å². The maximum Gasteiger partial charge on any atom is 0.306 e. The minimum Gasteiger partial charge on any atom is -0.401 e. The third kappa shape index (κ3) is 1.82. The fourth-order valence-corrected chi connectivity index (χ4v) is 4.22. The lowest BCUT2D eigenvalue weighted by atomic mass is 10.2. The smallest absolute Gasteiger partial charge is 0.306 e. The van der Waals surface area contributed by atoms with Crippen molar-refractivity contribution in [3.05, 3.63) is 0 Å². The van der Waals surface area contributed by atoms with Gasteiger partial charge in [0, 0.05) is 6.10 Å². The predicted octanol–water partition coefficient (Wildman–Crippen LogP) is 2.21. The summed E-state index contributed by atoms with van der Waals surface area (Å²) in [6, 6.07) is 2.00. The van der Waals surface area contributed by atoms with E-state index in [0.29, 0.717) is 6.10 Å². The van der Waals surface area contributed by atoms with Crippen LogP contribution in [0.1, 0.15) is 26.7 Å². The molecule has 1 rings (SSSR count). The van der Waals surface area contributed by atoms with Crippen LogP contribution in [0.3, 0.4) is 0 Å². The molecule has 0 aromatic rings. The summed E-state index contributed by atoms with van der Waals surface area (Å²) in [7, 11) is -1.89. The molecule has 2 nitrogen and oxygen atoms in total. The topological polar surface area (TPSA) is 33.0 Å². The second-order valence-corrected chi connectivity index (χ2v) is 6.94. The van der Waals surface area contributed by atoms with Gasteiger partial charge in [-0.3, -0.25) is 0 Å². The van der Waals surface area contributed by atoms with Crippen LogP contribution in [0.5, 0.6) is 0 Å². The van der Waals surface area contributed by atoms with Gasteiger partial charge in [0.1, 0.15) is 0 Å². The molecule has 0 bridgehead atoms. The maximum absolute atomic E-state index is 8.95. The Morgan fingerprint density at radius 2 is 2.45 bits per heavy atom. The van der Waals surface area contributed by atoms with Gasteiger partial charge in [0.15, 0.2) is 0 Å². The van der Waals surface area contributed by atoms with Gasteiger partial charge in [0.25, 0.3) is 0 Å². The van der Waals surface area contributed by atoms with E-state index in [1.165, 1.54) is 6.42 Å². The summed E-state index contributed by atoms with van der Waals surface area (Å²) in [5.41, 5.74) is 2.41. The number of nitriles is 1. The molecule has 0 aromatic heterocycles. The molecule has 1 aliphatic rings. The molecular formula is C8H15NOSi. The fourth-order valence-electron chi connectivity index (χ4n) is 1.60. The van der Waals surface area contributed by atoms with Crippen LogP contribution in [0.2, 0.25) is 12.1 Å². The van der Waals surface area contributed by atoms with Crippen molar-refractivity contribution in [3.63, 3.8) is 0 Å². The van der Waals surface area contributed by atoms with Crippen LogP contribution in [-0.4, -0.2) is 14.4 Å². The van der Waals surface area contributed by atoms with E-state index >= 15 is 0 Å². The molecule has 1 aliphatic heterocycles. The zero-order valence-corrected chi connectivity index (χ0v) is 8.26. The summed E-state index contributed by atoms with van der Waals surface area (Å²) < 4.78 is 5.75. The van der Waals surface area contributed by atoms with Gasteiger partial charge >= 0.3 is 8.32 Å². The monoisotopic (exact) mass is 169 g/mol. The molecule has 0 N–H and O–H groups in total. The van der Waals surface area contributed by atoms with Crippen LogP contribution in [0.4, 0.5) is 0 Å². The first kappa shape index (κ1) is 8.76. The Morgan fingerprint density at radius 3 is 2.82 bits per heavy atom. The van der Waals surface area contributed by atoms with Crippen LogP contribution in [0, 0.1) is 11.0 Å². The number of hydrogen-bond donors (Lipinski definition) is 0. The minimum atomic E-state index is -1.89. The van der Waals surface area contributed by atoms with E-state index < -0.39 is 8.32 Å². The summed E-state index contributed by atoms with van der Waals surface area (Å²) in [5.74, 6) is 0. The van der Waals surface area contributed by atoms with E-state index in [-0.39, 0.29) is 0 Å². The first-order chi connectivity index (χ1) is 5.22. The molecule has 0 aliphatic carbocycles. The van der Waals surface area contributed by atoms with Crippen LogP contribution < -0.4 is 0 Å². The maximum atomic E-state index is 8.95. The van der Waals surface area contributed by atoms with Gasteiger partial charge in [-0.05, 0) is 25.4 Å². The molecule has 1 fully saturated rings. The van der Waals surface area contributed by atoms with E-state index in [1.54, 1.807) is 0 Å². The Morgan fingerprint density at radius 1 is 1.73 bits per heavy atom. The molecule has 0 amide bonds. The number of nitrogens with zero attached hydrogens (tertiary/aromatic N) is 1. The molecule has 2 atom stereocenters. The van der Waals surface area contributed by atoms with Crippen LogP contribution >= 0.6 is 0 Å². The molecule has 0 spiro atoms. The van der Waals surface area contributed by atoms with E-state index in [0.717, 1.165) is 18.5 Å². The van der Waals surface area contributed by atoms with E-state index in [4.69, 9.17) is 9.69 Å². The van der Waals surface area contributed by atoms with E-state index in [2.05, 4.69) is 19.5 Å². The van der Waals surface area contributed by atoms with Crippen molar-refractivity contribution in [3.8, 4) is 5.69 Å². The standard InChI is InChI=1S/C8H15NOSi/c1-3-11(7-9)6-4-5-8(2)10-11/h8H,3-6H2,1-2H3. The Labute approximate surface area is 69.3 Å². The van der Waals surface area contributed by atoms with Crippen LogP contribution in [0.15, 0.2) is 0 Å². The molecule has 11 heavy (non-hydrogen) atoms. The molecular weight excluding hydrogens is 154 g/mol. The lowest BCUT2D eigenvalue weighted by Gasteiger charge is -2.31. The number of rotatable bonds is 1. The van der Waals surface area contributed by atoms with Crippen molar-refractivity contribution in [2.45, 2.75) is 44.9 Å². The molecule has 62 valence electrons. The SMILES string of the molecule is CC[Si]1(C#N)CCCC(C)O1. The molecule has 3 heteroatoms. The van der Waals surface area contributed by atoms with Crippen molar-refractivity contribution >= 4 is 8.32 Å². The summed E-state index contributed by atoms with van der Waals surface area (Å²) >= 11 is 0. The minimum absolute atomic E-state index is 0.329. The molecule has 0 aromatic carbocycles. The zero-order valence-electron chi connectivity index (χ0n) is 7.26. The Bertz CT molecular complexity index is 177. The summed E-state index contributed by atoms with van der Waals surface area (Å²) in [5, 5.41) is 8.95. The lowest BCUT2D eigenvalue weighted by molar-refractivity contribution is 0.180. The Balaban J connectivity index is 2.62. The van der Waals surface area contributed by atoms with Crippen LogP contribution in [-0.2, 0) is 4.43 Å². The van der Waals surface area contributed by atoms with Gasteiger partial charge in [-0.15, -0.1) is 0 Å². The average Bonchev–Trinajstić information content (AvgIpc) is 2.04. The Kier molecular flexibility index (Phi) is 2.69. The largest absolute Gasteiger partial charge is 0.401 e. The first-order valence-corrected chi connectivity index (χ1v) is 6.64. The van der Waals surface area contributed by atoms with Crippen molar-refractivity contribution in [1.82, 2.24) is 0 Å². The van der Waals surface area contributed by atoms with Gasteiger partial charge in [0.05, 0.1) is 5.69 Å². The highest BCUT2D eigenvalue weighted by molar-refractivity contribution is 6.81. The van der Waals surface area contributed by atoms with Crippen molar-refractivity contribution in [2.75, 3.05) is 0 Å². The van der Waals surface area contributed by atoms with E-state index in [1.807, 2.05) is 0 Å². The predicted molar refractivity (Wildman–Crippen MR) is 46.4 cm³/mol. The molecule has 1 heterocycles. The van der Waals surface area contributed by atoms with Gasteiger partial charge in [0.2, 0.25) is 0 Å². The molecule has 1 saturated heterocycles. The first-order valence-electron chi connectivity index (χ1n) is 4.31. The lowest BCUT2D eigenvalue weighted by Crippen LogP contribution is -2.42. The van der Waals surface area contributed by atoms with Gasteiger partial charge in [-0.2, -0.15) is 0 Å². The zero-order chi connectivity index (χ0) is 8.32. The molecule has 0 radical (unpaired) electrons. The van der Waals surface area contributed by atoms with Gasteiger partial charge in [-0.1, -0.05) is 13.3 Å². The highest BCUT2D eigenvalue weighted by Crippen LogP contribution is 2.27. The second kappa shape index (κ2) is 3.38. The summed E-state index contributed by atoms with van der Waals surface area (Å²) in [6.45, 7) is 4.15. The number of hydrogen-bond acceptors (Lipinski definition) is 2. The fraction of sp³-hybridized carbons (Fsp3) is 0.875. The molecule has 0 saturated carbocycles. The third-order valence-corrected chi connectivity index (χ3v) is 5.96. The highest BCUT2D eigenvalue weighted by atomic mass is 28.4. The second-order valence-electron chi connectivity index (χ2n) is 3.28. The van der Waals surface area contributed by atoms with Crippen molar-refractivity contribution < 1.29 is 4.43 Å². The summed E-state index contributed by atoms with van der Waals surface area (Å²) in [6.07, 6.45) is 2.65. The van der Waals surface area contributed by atoms with Gasteiger partial charge in [-0.25, -0.2) is 5.26 Å².